The number of likely N-dealkylation sites (tertiary alicyclic amines) is 1. The zero-order valence-electron chi connectivity index (χ0n) is 19.7. The van der Waals surface area contributed by atoms with E-state index < -0.39 is 25.6 Å². The third kappa shape index (κ3) is 7.51. The fourth-order valence-electron chi connectivity index (χ4n) is 2.71. The minimum atomic E-state index is -1.97. The van der Waals surface area contributed by atoms with E-state index in [1.54, 1.807) is 6.08 Å². The molecule has 0 spiro atoms. The number of nitrogens with zero attached hydrogens (tertiary/aromatic N) is 1. The maximum Gasteiger partial charge on any atom is 0.354 e. The first kappa shape index (κ1) is 29.0. The van der Waals surface area contributed by atoms with Crippen molar-refractivity contribution in [3.05, 3.63) is 22.6 Å². The van der Waals surface area contributed by atoms with Crippen LogP contribution < -0.4 is 0 Å². The molecule has 1 aliphatic rings. The van der Waals surface area contributed by atoms with E-state index in [0.717, 1.165) is 0 Å². The Bertz CT molecular complexity index is 788. The number of carboxylic acids is 1. The maximum absolute atomic E-state index is 13.1. The monoisotopic (exact) mass is 519 g/mol. The Balaban J connectivity index is 3.19. The first-order valence-corrected chi connectivity index (χ1v) is 15.8. The van der Waals surface area contributed by atoms with Crippen molar-refractivity contribution >= 4 is 65.7 Å². The zero-order valence-corrected chi connectivity index (χ0v) is 23.2. The Hall–Kier alpha value is -1.01. The standard InChI is InChI=1S/C21H33NO6S3Si/c1-9-12-29-18-15(10-11-28-32(7,8)21(4,5)6)17(25)22(18)16(19(26)27)20(30-13(2)23)31-14(3)24/h9,15,18H,1,10-12H2,2-8H3,(H,26,27)/t15-,18+/m0/s1. The van der Waals surface area contributed by atoms with Crippen LogP contribution >= 0.6 is 35.3 Å². The molecular weight excluding hydrogens is 487 g/mol. The largest absolute Gasteiger partial charge is 0.477 e. The molecule has 1 aliphatic heterocycles. The quantitative estimate of drug-likeness (QED) is 0.176. The van der Waals surface area contributed by atoms with Gasteiger partial charge in [0.25, 0.3) is 0 Å². The van der Waals surface area contributed by atoms with Gasteiger partial charge in [-0.25, -0.2) is 4.79 Å². The number of hydrogen-bond acceptors (Lipinski definition) is 8. The van der Waals surface area contributed by atoms with Gasteiger partial charge in [-0.3, -0.25) is 19.3 Å². The summed E-state index contributed by atoms with van der Waals surface area (Å²) in [5.74, 6) is -1.58. The highest BCUT2D eigenvalue weighted by molar-refractivity contribution is 8.34. The van der Waals surface area contributed by atoms with Crippen LogP contribution in [-0.4, -0.2) is 58.2 Å². The molecule has 0 saturated carbocycles. The molecule has 0 aromatic rings. The third-order valence-corrected chi connectivity index (χ3v) is 13.0. The Morgan fingerprint density at radius 3 is 2.12 bits per heavy atom. The molecule has 0 aromatic heterocycles. The molecule has 11 heteroatoms. The minimum Gasteiger partial charge on any atom is -0.477 e. The van der Waals surface area contributed by atoms with Crippen LogP contribution in [0.4, 0.5) is 0 Å². The summed E-state index contributed by atoms with van der Waals surface area (Å²) in [7, 11) is -1.97. The van der Waals surface area contributed by atoms with Gasteiger partial charge in [-0.2, -0.15) is 0 Å². The number of rotatable bonds is 11. The van der Waals surface area contributed by atoms with Crippen molar-refractivity contribution in [1.82, 2.24) is 4.90 Å². The first-order chi connectivity index (χ1) is 14.6. The molecule has 1 saturated heterocycles. The zero-order chi connectivity index (χ0) is 24.9. The Morgan fingerprint density at radius 1 is 1.19 bits per heavy atom. The van der Waals surface area contributed by atoms with Crippen molar-refractivity contribution in [2.24, 2.45) is 5.92 Å². The van der Waals surface area contributed by atoms with Crippen LogP contribution in [0.15, 0.2) is 22.6 Å². The number of aliphatic carboxylic acids is 1. The highest BCUT2D eigenvalue weighted by Gasteiger charge is 2.51. The van der Waals surface area contributed by atoms with Gasteiger partial charge >= 0.3 is 5.97 Å². The number of carbonyl (C=O) groups excluding carboxylic acids is 3. The van der Waals surface area contributed by atoms with Gasteiger partial charge in [0.05, 0.1) is 15.5 Å². The van der Waals surface area contributed by atoms with Gasteiger partial charge in [-0.15, -0.1) is 18.3 Å². The number of β-lactam (4-membered cyclic amide) rings is 1. The van der Waals surface area contributed by atoms with E-state index in [4.69, 9.17) is 4.43 Å². The summed E-state index contributed by atoms with van der Waals surface area (Å²) < 4.78 is 6.22. The van der Waals surface area contributed by atoms with Crippen molar-refractivity contribution in [1.29, 1.82) is 0 Å². The third-order valence-electron chi connectivity index (χ3n) is 5.35. The number of thioether (sulfide) groups is 3. The lowest BCUT2D eigenvalue weighted by Crippen LogP contribution is -2.60. The molecular formula is C21H33NO6S3Si. The summed E-state index contributed by atoms with van der Waals surface area (Å²) in [5, 5.41) is 8.75. The van der Waals surface area contributed by atoms with E-state index in [0.29, 0.717) is 42.3 Å². The highest BCUT2D eigenvalue weighted by atomic mass is 32.2. The lowest BCUT2D eigenvalue weighted by Gasteiger charge is -2.47. The van der Waals surface area contributed by atoms with Gasteiger partial charge in [0, 0.05) is 26.2 Å². The van der Waals surface area contributed by atoms with E-state index in [1.165, 1.54) is 30.5 Å². The van der Waals surface area contributed by atoms with E-state index in [9.17, 15) is 24.3 Å². The van der Waals surface area contributed by atoms with Crippen LogP contribution in [0.5, 0.6) is 0 Å². The molecule has 0 aromatic carbocycles. The molecule has 0 unspecified atom stereocenters. The molecule has 0 bridgehead atoms. The average Bonchev–Trinajstić information content (AvgIpc) is 2.62. The van der Waals surface area contributed by atoms with Crippen molar-refractivity contribution < 1.29 is 28.7 Å². The predicted octanol–water partition coefficient (Wildman–Crippen LogP) is 4.92. The van der Waals surface area contributed by atoms with E-state index in [2.05, 4.69) is 40.4 Å². The van der Waals surface area contributed by atoms with Crippen molar-refractivity contribution in [3.63, 3.8) is 0 Å². The topological polar surface area (TPSA) is 101 Å². The Labute approximate surface area is 204 Å². The molecule has 1 amide bonds. The molecule has 0 aliphatic carbocycles. The van der Waals surface area contributed by atoms with Crippen LogP contribution in [0.25, 0.3) is 0 Å². The molecule has 1 heterocycles. The predicted molar refractivity (Wildman–Crippen MR) is 136 cm³/mol. The van der Waals surface area contributed by atoms with Gasteiger partial charge in [-0.1, -0.05) is 26.8 Å². The lowest BCUT2D eigenvalue weighted by atomic mass is 9.94. The summed E-state index contributed by atoms with van der Waals surface area (Å²) in [6.45, 7) is 17.4. The average molecular weight is 520 g/mol. The van der Waals surface area contributed by atoms with E-state index in [-0.39, 0.29) is 31.1 Å². The van der Waals surface area contributed by atoms with Gasteiger partial charge < -0.3 is 9.53 Å². The molecule has 1 rings (SSSR count). The molecule has 7 nitrogen and oxygen atoms in total. The summed E-state index contributed by atoms with van der Waals surface area (Å²) in [4.78, 5) is 49.8. The van der Waals surface area contributed by atoms with Crippen molar-refractivity contribution in [2.75, 3.05) is 12.4 Å². The van der Waals surface area contributed by atoms with E-state index in [1.807, 2.05) is 0 Å². The van der Waals surface area contributed by atoms with Gasteiger partial charge in [-0.05, 0) is 48.1 Å². The molecule has 1 N–H and O–H groups in total. The maximum atomic E-state index is 13.1. The minimum absolute atomic E-state index is 0.00558. The summed E-state index contributed by atoms with van der Waals surface area (Å²) in [5.41, 5.74) is -0.321. The second-order valence-electron chi connectivity index (χ2n) is 8.85. The lowest BCUT2D eigenvalue weighted by molar-refractivity contribution is -0.152. The van der Waals surface area contributed by atoms with Crippen molar-refractivity contribution in [2.45, 2.75) is 64.5 Å². The highest BCUT2D eigenvalue weighted by Crippen LogP contribution is 2.45. The fourth-order valence-corrected chi connectivity index (χ4v) is 6.90. The van der Waals surface area contributed by atoms with E-state index >= 15 is 0 Å². The fraction of sp³-hybridized carbons (Fsp3) is 0.619. The molecule has 2 atom stereocenters. The van der Waals surface area contributed by atoms with Crippen molar-refractivity contribution in [3.8, 4) is 0 Å². The molecule has 0 radical (unpaired) electrons. The second-order valence-corrected chi connectivity index (χ2v) is 17.4. The summed E-state index contributed by atoms with van der Waals surface area (Å²) >= 11 is 2.71. The van der Waals surface area contributed by atoms with Gasteiger partial charge in [0.1, 0.15) is 0 Å². The van der Waals surface area contributed by atoms with Crippen LogP contribution in [0, 0.1) is 5.92 Å². The van der Waals surface area contributed by atoms with Gasteiger partial charge in [0.2, 0.25) is 5.91 Å². The Kier molecular flexibility index (Phi) is 10.8. The van der Waals surface area contributed by atoms with Crippen LogP contribution in [0.1, 0.15) is 41.0 Å². The summed E-state index contributed by atoms with van der Waals surface area (Å²) in [6.07, 6.45) is 2.16. The smallest absolute Gasteiger partial charge is 0.354 e. The normalized spacial score (nSPS) is 18.7. The van der Waals surface area contributed by atoms with Gasteiger partial charge in [0.15, 0.2) is 24.2 Å². The van der Waals surface area contributed by atoms with Crippen LogP contribution in [-0.2, 0) is 23.6 Å². The molecule has 180 valence electrons. The van der Waals surface area contributed by atoms with Crippen LogP contribution in [0.2, 0.25) is 18.1 Å². The number of carboxylic acid groups (broad SMARTS) is 1. The van der Waals surface area contributed by atoms with Crippen LogP contribution in [0.3, 0.4) is 0 Å². The first-order valence-electron chi connectivity index (χ1n) is 10.2. The number of carbonyl (C=O) groups is 4. The molecule has 1 fully saturated rings. The number of amides is 1. The summed E-state index contributed by atoms with van der Waals surface area (Å²) in [6, 6.07) is 0. The number of hydrogen-bond donors (Lipinski definition) is 1. The molecule has 32 heavy (non-hydrogen) atoms. The Morgan fingerprint density at radius 2 is 1.72 bits per heavy atom. The second kappa shape index (κ2) is 11.9. The SMILES string of the molecule is C=CCS[C@@H]1[C@@H](CCO[Si](C)(C)C(C)(C)C)C(=O)N1C(C(=O)O)=C(SC(C)=O)SC(C)=O.